The van der Waals surface area contributed by atoms with Crippen molar-refractivity contribution in [2.24, 2.45) is 0 Å². The Morgan fingerprint density at radius 2 is 1.59 bits per heavy atom. The zero-order valence-corrected chi connectivity index (χ0v) is 17.9. The van der Waals surface area contributed by atoms with Crippen LogP contribution in [0.4, 0.5) is 5.69 Å². The number of carbonyl (C=O) groups excluding carboxylic acids is 1. The molecule has 0 unspecified atom stereocenters. The number of carbonyl (C=O) groups is 1. The van der Waals surface area contributed by atoms with Gasteiger partial charge in [0.15, 0.2) is 5.78 Å². The van der Waals surface area contributed by atoms with E-state index in [4.69, 9.17) is 11.6 Å². The maximum absolute atomic E-state index is 12.9. The first-order valence-electron chi connectivity index (χ1n) is 8.96. The predicted molar refractivity (Wildman–Crippen MR) is 115 cm³/mol. The Kier molecular flexibility index (Phi) is 5.78. The largest absolute Gasteiger partial charge is 0.289 e. The highest BCUT2D eigenvalue weighted by Crippen LogP contribution is 2.31. The normalized spacial score (nSPS) is 11.9. The van der Waals surface area contributed by atoms with Gasteiger partial charge < -0.3 is 0 Å². The van der Waals surface area contributed by atoms with E-state index in [2.05, 4.69) is 30.5 Å². The van der Waals surface area contributed by atoms with E-state index < -0.39 is 10.0 Å². The van der Waals surface area contributed by atoms with Gasteiger partial charge in [0.05, 0.1) is 15.6 Å². The maximum atomic E-state index is 12.9. The topological polar surface area (TPSA) is 76.1 Å². The minimum atomic E-state index is -3.94. The van der Waals surface area contributed by atoms with Gasteiger partial charge in [0.1, 0.15) is 0 Å². The van der Waals surface area contributed by atoms with E-state index in [0.717, 1.165) is 5.56 Å². The molecule has 0 aliphatic heterocycles. The van der Waals surface area contributed by atoms with Crippen LogP contribution in [-0.4, -0.2) is 19.2 Å². The number of halogens is 1. The highest BCUT2D eigenvalue weighted by molar-refractivity contribution is 7.92. The lowest BCUT2D eigenvalue weighted by atomic mass is 9.87. The molecule has 0 spiro atoms. The van der Waals surface area contributed by atoms with Crippen LogP contribution in [-0.2, 0) is 15.4 Å². The average Bonchev–Trinajstić information content (AvgIpc) is 2.69. The number of hydrogen-bond acceptors (Lipinski definition) is 4. The van der Waals surface area contributed by atoms with Gasteiger partial charge >= 0.3 is 0 Å². The van der Waals surface area contributed by atoms with Crippen LogP contribution in [0.1, 0.15) is 42.3 Å². The average molecular weight is 429 g/mol. The van der Waals surface area contributed by atoms with E-state index in [1.807, 2.05) is 0 Å². The first kappa shape index (κ1) is 21.0. The molecule has 29 heavy (non-hydrogen) atoms. The number of para-hydroxylation sites is 1. The van der Waals surface area contributed by atoms with Crippen molar-refractivity contribution >= 4 is 33.1 Å². The molecule has 0 atom stereocenters. The van der Waals surface area contributed by atoms with Crippen LogP contribution < -0.4 is 4.72 Å². The molecule has 0 aliphatic rings. The maximum Gasteiger partial charge on any atom is 0.261 e. The van der Waals surface area contributed by atoms with Crippen molar-refractivity contribution in [3.8, 4) is 0 Å². The zero-order chi connectivity index (χ0) is 21.2. The van der Waals surface area contributed by atoms with Gasteiger partial charge in [-0.3, -0.25) is 14.5 Å². The smallest absolute Gasteiger partial charge is 0.261 e. The third-order valence-corrected chi connectivity index (χ3v) is 6.15. The zero-order valence-electron chi connectivity index (χ0n) is 16.3. The third kappa shape index (κ3) is 4.66. The van der Waals surface area contributed by atoms with Gasteiger partial charge in [-0.1, -0.05) is 50.6 Å². The van der Waals surface area contributed by atoms with Gasteiger partial charge in [-0.2, -0.15) is 0 Å². The molecule has 0 bridgehead atoms. The number of pyridine rings is 1. The Labute approximate surface area is 175 Å². The Balaban J connectivity index is 1.98. The molecule has 0 fully saturated rings. The van der Waals surface area contributed by atoms with Gasteiger partial charge in [0.2, 0.25) is 0 Å². The molecule has 1 heterocycles. The molecule has 2 aromatic carbocycles. The van der Waals surface area contributed by atoms with Gasteiger partial charge in [0.25, 0.3) is 10.0 Å². The van der Waals surface area contributed by atoms with Crippen LogP contribution in [0.3, 0.4) is 0 Å². The fourth-order valence-electron chi connectivity index (χ4n) is 2.80. The van der Waals surface area contributed by atoms with Gasteiger partial charge in [0, 0.05) is 23.5 Å². The lowest BCUT2D eigenvalue weighted by Crippen LogP contribution is -2.17. The molecular formula is C22H21ClN2O3S. The number of ketones is 1. The van der Waals surface area contributed by atoms with Crippen molar-refractivity contribution in [1.29, 1.82) is 0 Å². The van der Waals surface area contributed by atoms with Crippen molar-refractivity contribution in [3.63, 3.8) is 0 Å². The van der Waals surface area contributed by atoms with E-state index in [1.165, 1.54) is 24.5 Å². The number of nitrogens with zero attached hydrogens (tertiary/aromatic N) is 1. The summed E-state index contributed by atoms with van der Waals surface area (Å²) >= 11 is 6.25. The summed E-state index contributed by atoms with van der Waals surface area (Å²) in [4.78, 5) is 16.9. The standard InChI is InChI=1S/C22H21ClN2O3S/c1-22(2,3)16-7-9-17(10-8-16)29(27,28)25-20-18(5-4-6-19(20)23)21(26)15-11-13-24-14-12-15/h4-14,25H,1-3H3. The summed E-state index contributed by atoms with van der Waals surface area (Å²) in [5.41, 5.74) is 1.53. The molecule has 150 valence electrons. The van der Waals surface area contributed by atoms with Crippen LogP contribution in [0.15, 0.2) is 71.9 Å². The fourth-order valence-corrected chi connectivity index (χ4v) is 4.18. The molecule has 1 aromatic heterocycles. The predicted octanol–water partition coefficient (Wildman–Crippen LogP) is 5.06. The minimum Gasteiger partial charge on any atom is -0.289 e. The van der Waals surface area contributed by atoms with Crippen LogP contribution in [0.25, 0.3) is 0 Å². The van der Waals surface area contributed by atoms with Crippen LogP contribution in [0.5, 0.6) is 0 Å². The molecule has 0 radical (unpaired) electrons. The summed E-state index contributed by atoms with van der Waals surface area (Å²) in [6.07, 6.45) is 3.00. The van der Waals surface area contributed by atoms with E-state index in [1.54, 1.807) is 42.5 Å². The SMILES string of the molecule is CC(C)(C)c1ccc(S(=O)(=O)Nc2c(Cl)cccc2C(=O)c2ccncc2)cc1. The van der Waals surface area contributed by atoms with Crippen LogP contribution >= 0.6 is 11.6 Å². The van der Waals surface area contributed by atoms with Gasteiger partial charge in [-0.25, -0.2) is 8.42 Å². The summed E-state index contributed by atoms with van der Waals surface area (Å²) in [5, 5.41) is 0.139. The van der Waals surface area contributed by atoms with Crippen molar-refractivity contribution in [3.05, 3.63) is 88.7 Å². The van der Waals surface area contributed by atoms with Gasteiger partial charge in [-0.05, 0) is 47.4 Å². The summed E-state index contributed by atoms with van der Waals surface area (Å²) in [6.45, 7) is 6.15. The lowest BCUT2D eigenvalue weighted by molar-refractivity contribution is 0.103. The van der Waals surface area contributed by atoms with Crippen molar-refractivity contribution in [2.75, 3.05) is 4.72 Å². The quantitative estimate of drug-likeness (QED) is 0.576. The Bertz CT molecular complexity index is 1140. The highest BCUT2D eigenvalue weighted by atomic mass is 35.5. The van der Waals surface area contributed by atoms with E-state index >= 15 is 0 Å². The molecule has 3 aromatic rings. The second-order valence-corrected chi connectivity index (χ2v) is 9.70. The van der Waals surface area contributed by atoms with Gasteiger partial charge in [-0.15, -0.1) is 0 Å². The monoisotopic (exact) mass is 428 g/mol. The number of rotatable bonds is 5. The summed E-state index contributed by atoms with van der Waals surface area (Å²) in [6, 6.07) is 14.5. The first-order valence-corrected chi connectivity index (χ1v) is 10.8. The van der Waals surface area contributed by atoms with E-state index in [-0.39, 0.29) is 32.4 Å². The van der Waals surface area contributed by atoms with Crippen molar-refractivity contribution in [2.45, 2.75) is 31.1 Å². The number of anilines is 1. The summed E-state index contributed by atoms with van der Waals surface area (Å²) in [5.74, 6) is -0.351. The molecule has 0 aliphatic carbocycles. The molecule has 5 nitrogen and oxygen atoms in total. The second kappa shape index (κ2) is 7.97. The Morgan fingerprint density at radius 3 is 2.17 bits per heavy atom. The Hall–Kier alpha value is -2.70. The fraction of sp³-hybridized carbons (Fsp3) is 0.182. The number of nitrogens with one attached hydrogen (secondary N) is 1. The first-order chi connectivity index (χ1) is 13.6. The molecule has 0 saturated carbocycles. The van der Waals surface area contributed by atoms with Crippen LogP contribution in [0.2, 0.25) is 5.02 Å². The van der Waals surface area contributed by atoms with E-state index in [9.17, 15) is 13.2 Å². The summed E-state index contributed by atoms with van der Waals surface area (Å²) < 4.78 is 28.4. The molecular weight excluding hydrogens is 408 g/mol. The summed E-state index contributed by atoms with van der Waals surface area (Å²) in [7, 11) is -3.94. The highest BCUT2D eigenvalue weighted by Gasteiger charge is 2.22. The Morgan fingerprint density at radius 1 is 0.966 bits per heavy atom. The second-order valence-electron chi connectivity index (χ2n) is 7.61. The number of benzene rings is 2. The van der Waals surface area contributed by atoms with E-state index in [0.29, 0.717) is 5.56 Å². The molecule has 3 rings (SSSR count). The molecule has 0 amide bonds. The van der Waals surface area contributed by atoms with Crippen molar-refractivity contribution in [1.82, 2.24) is 4.98 Å². The molecule has 7 heteroatoms. The molecule has 1 N–H and O–H groups in total. The van der Waals surface area contributed by atoms with Crippen molar-refractivity contribution < 1.29 is 13.2 Å². The lowest BCUT2D eigenvalue weighted by Gasteiger charge is -2.19. The third-order valence-electron chi connectivity index (χ3n) is 4.47. The minimum absolute atomic E-state index is 0.0517. The number of aromatic nitrogens is 1. The van der Waals surface area contributed by atoms with Crippen LogP contribution in [0, 0.1) is 0 Å². The number of hydrogen-bond donors (Lipinski definition) is 1. The molecule has 0 saturated heterocycles. The number of sulfonamides is 1.